The van der Waals surface area contributed by atoms with E-state index in [1.165, 1.54) is 19.4 Å². The molecule has 0 radical (unpaired) electrons. The maximum Gasteiger partial charge on any atom is 0.0625 e. The minimum Gasteiger partial charge on any atom is -0.301 e. The van der Waals surface area contributed by atoms with Crippen LogP contribution < -0.4 is 0 Å². The van der Waals surface area contributed by atoms with Crippen molar-refractivity contribution in [1.29, 1.82) is 5.26 Å². The third-order valence-electron chi connectivity index (χ3n) is 2.66. The molecule has 0 saturated carbocycles. The van der Waals surface area contributed by atoms with Crippen LogP contribution in [0.1, 0.15) is 47.0 Å². The first-order valence-corrected chi connectivity index (χ1v) is 5.85. The summed E-state index contributed by atoms with van der Waals surface area (Å²) in [6.07, 6.45) is 3.25. The molecular formula is C12H24N2. The molecule has 1 heterocycles. The van der Waals surface area contributed by atoms with E-state index in [9.17, 15) is 0 Å². The Bertz CT molecular complexity index is 170. The highest BCUT2D eigenvalue weighted by Gasteiger charge is 2.20. The molecule has 1 atom stereocenters. The molecule has 0 aromatic heterocycles. The van der Waals surface area contributed by atoms with Gasteiger partial charge < -0.3 is 4.90 Å². The van der Waals surface area contributed by atoms with Crippen molar-refractivity contribution in [3.8, 4) is 6.07 Å². The highest BCUT2D eigenvalue weighted by atomic mass is 15.1. The molecule has 0 N–H and O–H groups in total. The van der Waals surface area contributed by atoms with Crippen LogP contribution in [0.3, 0.4) is 0 Å². The van der Waals surface area contributed by atoms with E-state index in [1.807, 2.05) is 13.8 Å². The predicted octanol–water partition coefficient (Wildman–Crippen LogP) is 3.05. The fourth-order valence-electron chi connectivity index (χ4n) is 1.86. The highest BCUT2D eigenvalue weighted by molar-refractivity contribution is 4.82. The van der Waals surface area contributed by atoms with Crippen molar-refractivity contribution in [1.82, 2.24) is 4.90 Å². The third-order valence-corrected chi connectivity index (χ3v) is 2.66. The lowest BCUT2D eigenvalue weighted by molar-refractivity contribution is 0.141. The van der Waals surface area contributed by atoms with Gasteiger partial charge in [-0.2, -0.15) is 5.26 Å². The molecule has 0 bridgehead atoms. The average Bonchev–Trinajstić information content (AvgIpc) is 2.22. The van der Waals surface area contributed by atoms with E-state index in [4.69, 9.17) is 5.26 Å². The SMILES string of the molecule is CC.CC(C)N1CCCC(CC#N)C1. The van der Waals surface area contributed by atoms with E-state index >= 15 is 0 Å². The zero-order valence-electron chi connectivity index (χ0n) is 10.1. The van der Waals surface area contributed by atoms with Gasteiger partial charge in [0.1, 0.15) is 0 Å². The summed E-state index contributed by atoms with van der Waals surface area (Å²) in [4.78, 5) is 2.48. The number of rotatable bonds is 2. The molecule has 1 fully saturated rings. The molecule has 0 aromatic carbocycles. The van der Waals surface area contributed by atoms with Gasteiger partial charge in [-0.1, -0.05) is 13.8 Å². The lowest BCUT2D eigenvalue weighted by Gasteiger charge is -2.34. The largest absolute Gasteiger partial charge is 0.301 e. The summed E-state index contributed by atoms with van der Waals surface area (Å²) in [6, 6.07) is 2.92. The zero-order chi connectivity index (χ0) is 11.0. The molecular weight excluding hydrogens is 172 g/mol. The van der Waals surface area contributed by atoms with Crippen LogP contribution in [0.15, 0.2) is 0 Å². The standard InChI is InChI=1S/C10H18N2.C2H6/c1-9(2)12-7-3-4-10(8-12)5-6-11;1-2/h9-10H,3-5,7-8H2,1-2H3;1-2H3. The van der Waals surface area contributed by atoms with Crippen LogP contribution in [0.4, 0.5) is 0 Å². The molecule has 14 heavy (non-hydrogen) atoms. The van der Waals surface area contributed by atoms with Gasteiger partial charge in [-0.15, -0.1) is 0 Å². The first-order valence-electron chi connectivity index (χ1n) is 5.85. The van der Waals surface area contributed by atoms with Crippen LogP contribution in [-0.4, -0.2) is 24.0 Å². The lowest BCUT2D eigenvalue weighted by atomic mass is 9.95. The van der Waals surface area contributed by atoms with Crippen LogP contribution in [0.25, 0.3) is 0 Å². The lowest BCUT2D eigenvalue weighted by Crippen LogP contribution is -2.39. The van der Waals surface area contributed by atoms with E-state index in [1.54, 1.807) is 0 Å². The molecule has 1 aliphatic rings. The second-order valence-corrected chi connectivity index (χ2v) is 3.96. The number of hydrogen-bond acceptors (Lipinski definition) is 2. The molecule has 2 heteroatoms. The van der Waals surface area contributed by atoms with Crippen molar-refractivity contribution in [2.75, 3.05) is 13.1 Å². The average molecular weight is 196 g/mol. The number of piperidine rings is 1. The van der Waals surface area contributed by atoms with Crippen LogP contribution in [0.2, 0.25) is 0 Å². The smallest absolute Gasteiger partial charge is 0.0625 e. The summed E-state index contributed by atoms with van der Waals surface area (Å²) in [6.45, 7) is 10.8. The quantitative estimate of drug-likeness (QED) is 0.678. The van der Waals surface area contributed by atoms with Gasteiger partial charge in [-0.25, -0.2) is 0 Å². The summed E-state index contributed by atoms with van der Waals surface area (Å²) in [5.74, 6) is 0.631. The van der Waals surface area contributed by atoms with Gasteiger partial charge in [0.05, 0.1) is 6.07 Å². The molecule has 0 aromatic rings. The van der Waals surface area contributed by atoms with Gasteiger partial charge in [0.15, 0.2) is 0 Å². The highest BCUT2D eigenvalue weighted by Crippen LogP contribution is 2.20. The Balaban J connectivity index is 0.000000791. The summed E-state index contributed by atoms with van der Waals surface area (Å²) in [5.41, 5.74) is 0. The topological polar surface area (TPSA) is 27.0 Å². The summed E-state index contributed by atoms with van der Waals surface area (Å²) < 4.78 is 0. The summed E-state index contributed by atoms with van der Waals surface area (Å²) in [7, 11) is 0. The predicted molar refractivity (Wildman–Crippen MR) is 61.0 cm³/mol. The van der Waals surface area contributed by atoms with Crippen molar-refractivity contribution in [2.24, 2.45) is 5.92 Å². The van der Waals surface area contributed by atoms with Crippen LogP contribution in [0.5, 0.6) is 0 Å². The normalized spacial score (nSPS) is 22.4. The molecule has 1 unspecified atom stereocenters. The van der Waals surface area contributed by atoms with Crippen molar-refractivity contribution in [3.05, 3.63) is 0 Å². The summed E-state index contributed by atoms with van der Waals surface area (Å²) >= 11 is 0. The molecule has 0 amide bonds. The van der Waals surface area contributed by atoms with Crippen molar-refractivity contribution in [2.45, 2.75) is 53.0 Å². The van der Waals surface area contributed by atoms with Crippen LogP contribution >= 0.6 is 0 Å². The van der Waals surface area contributed by atoms with Crippen molar-refractivity contribution >= 4 is 0 Å². The Morgan fingerprint density at radius 3 is 2.57 bits per heavy atom. The van der Waals surface area contributed by atoms with E-state index < -0.39 is 0 Å². The first kappa shape index (κ1) is 13.4. The fourth-order valence-corrected chi connectivity index (χ4v) is 1.86. The van der Waals surface area contributed by atoms with E-state index in [0.717, 1.165) is 13.0 Å². The Morgan fingerprint density at radius 2 is 2.07 bits per heavy atom. The molecule has 82 valence electrons. The van der Waals surface area contributed by atoms with Gasteiger partial charge in [-0.05, 0) is 39.2 Å². The van der Waals surface area contributed by atoms with Gasteiger partial charge in [-0.3, -0.25) is 0 Å². The van der Waals surface area contributed by atoms with E-state index in [0.29, 0.717) is 12.0 Å². The summed E-state index contributed by atoms with van der Waals surface area (Å²) in [5, 5.41) is 8.57. The number of hydrogen-bond donors (Lipinski definition) is 0. The second-order valence-electron chi connectivity index (χ2n) is 3.96. The second kappa shape index (κ2) is 7.82. The molecule has 1 rings (SSSR count). The van der Waals surface area contributed by atoms with Gasteiger partial charge >= 0.3 is 0 Å². The van der Waals surface area contributed by atoms with E-state index in [-0.39, 0.29) is 0 Å². The Hall–Kier alpha value is -0.550. The van der Waals surface area contributed by atoms with Crippen LogP contribution in [0, 0.1) is 17.2 Å². The molecule has 0 spiro atoms. The Kier molecular flexibility index (Phi) is 7.51. The van der Waals surface area contributed by atoms with Gasteiger partial charge in [0.25, 0.3) is 0 Å². The number of nitriles is 1. The first-order chi connectivity index (χ1) is 6.74. The zero-order valence-corrected chi connectivity index (χ0v) is 10.1. The molecule has 2 nitrogen and oxygen atoms in total. The minimum atomic E-state index is 0.631. The Labute approximate surface area is 88.9 Å². The minimum absolute atomic E-state index is 0.631. The molecule has 1 saturated heterocycles. The van der Waals surface area contributed by atoms with Gasteiger partial charge in [0.2, 0.25) is 0 Å². The number of likely N-dealkylation sites (tertiary alicyclic amines) is 1. The molecule has 0 aliphatic carbocycles. The maximum atomic E-state index is 8.57. The van der Waals surface area contributed by atoms with Crippen molar-refractivity contribution < 1.29 is 0 Å². The van der Waals surface area contributed by atoms with E-state index in [2.05, 4.69) is 24.8 Å². The number of nitrogens with zero attached hydrogens (tertiary/aromatic N) is 2. The van der Waals surface area contributed by atoms with Crippen LogP contribution in [-0.2, 0) is 0 Å². The molecule has 1 aliphatic heterocycles. The Morgan fingerprint density at radius 1 is 1.43 bits per heavy atom. The fraction of sp³-hybridized carbons (Fsp3) is 0.917. The maximum absolute atomic E-state index is 8.57. The van der Waals surface area contributed by atoms with Gasteiger partial charge in [0, 0.05) is 19.0 Å². The third kappa shape index (κ3) is 4.62. The monoisotopic (exact) mass is 196 g/mol. The van der Waals surface area contributed by atoms with Crippen molar-refractivity contribution in [3.63, 3.8) is 0 Å².